The fraction of sp³-hybridized carbons (Fsp3) is 0.500. The number of carboxylic acids is 1. The van der Waals surface area contributed by atoms with Gasteiger partial charge < -0.3 is 15.3 Å². The first-order valence-corrected chi connectivity index (χ1v) is 9.32. The van der Waals surface area contributed by atoms with Crippen LogP contribution in [-0.2, 0) is 14.4 Å². The number of halogens is 1. The summed E-state index contributed by atoms with van der Waals surface area (Å²) in [6.45, 7) is 0.280. The van der Waals surface area contributed by atoms with Gasteiger partial charge in [-0.3, -0.25) is 9.59 Å². The van der Waals surface area contributed by atoms with Crippen LogP contribution in [0.4, 0.5) is 5.69 Å². The van der Waals surface area contributed by atoms with Gasteiger partial charge in [0.25, 0.3) is 0 Å². The van der Waals surface area contributed by atoms with Crippen LogP contribution >= 0.6 is 15.9 Å². The lowest BCUT2D eigenvalue weighted by atomic mass is 9.81. The van der Waals surface area contributed by atoms with Gasteiger partial charge in [-0.1, -0.05) is 35.2 Å². The third-order valence-corrected chi connectivity index (χ3v) is 5.64. The van der Waals surface area contributed by atoms with Gasteiger partial charge in [-0.15, -0.1) is 0 Å². The van der Waals surface area contributed by atoms with E-state index in [1.165, 1.54) is 0 Å². The summed E-state index contributed by atoms with van der Waals surface area (Å²) >= 11 is 3.36. The van der Waals surface area contributed by atoms with E-state index in [1.807, 2.05) is 24.3 Å². The van der Waals surface area contributed by atoms with Crippen molar-refractivity contribution in [2.75, 3.05) is 11.4 Å². The SMILES string of the molecule is O=C(NC1(C(=O)O)CCCCC1)C1CC(=O)N(c2ccc(Br)cc2)C1. The molecular weight excluding hydrogens is 388 g/mol. The van der Waals surface area contributed by atoms with Crippen LogP contribution in [0.25, 0.3) is 0 Å². The van der Waals surface area contributed by atoms with E-state index in [-0.39, 0.29) is 24.8 Å². The number of hydrogen-bond donors (Lipinski definition) is 2. The van der Waals surface area contributed by atoms with Crippen LogP contribution in [0.15, 0.2) is 28.7 Å². The Balaban J connectivity index is 1.70. The molecule has 3 rings (SSSR count). The average Bonchev–Trinajstić information content (AvgIpc) is 2.98. The van der Waals surface area contributed by atoms with Crippen molar-refractivity contribution in [1.29, 1.82) is 0 Å². The monoisotopic (exact) mass is 408 g/mol. The second-order valence-corrected chi connectivity index (χ2v) is 7.73. The lowest BCUT2D eigenvalue weighted by molar-refractivity contribution is -0.149. The zero-order valence-electron chi connectivity index (χ0n) is 13.8. The van der Waals surface area contributed by atoms with Crippen LogP contribution in [0.5, 0.6) is 0 Å². The Hall–Kier alpha value is -1.89. The largest absolute Gasteiger partial charge is 0.480 e. The molecule has 1 unspecified atom stereocenters. The number of amides is 2. The van der Waals surface area contributed by atoms with Gasteiger partial charge >= 0.3 is 5.97 Å². The van der Waals surface area contributed by atoms with E-state index < -0.39 is 17.4 Å². The van der Waals surface area contributed by atoms with Crippen molar-refractivity contribution in [1.82, 2.24) is 5.32 Å². The normalized spacial score (nSPS) is 22.7. The highest BCUT2D eigenvalue weighted by Gasteiger charge is 2.44. The number of hydrogen-bond acceptors (Lipinski definition) is 3. The third kappa shape index (κ3) is 3.71. The molecule has 1 aliphatic heterocycles. The third-order valence-electron chi connectivity index (χ3n) is 5.11. The molecule has 2 aliphatic rings. The smallest absolute Gasteiger partial charge is 0.329 e. The quantitative estimate of drug-likeness (QED) is 0.801. The van der Waals surface area contributed by atoms with E-state index >= 15 is 0 Å². The summed E-state index contributed by atoms with van der Waals surface area (Å²) in [6.07, 6.45) is 3.58. The van der Waals surface area contributed by atoms with E-state index in [2.05, 4.69) is 21.2 Å². The lowest BCUT2D eigenvalue weighted by Gasteiger charge is -2.34. The molecule has 6 nitrogen and oxygen atoms in total. The fourth-order valence-electron chi connectivity index (χ4n) is 3.64. The van der Waals surface area contributed by atoms with Crippen molar-refractivity contribution in [3.05, 3.63) is 28.7 Å². The molecule has 2 fully saturated rings. The molecule has 7 heteroatoms. The molecule has 2 N–H and O–H groups in total. The Bertz CT molecular complexity index is 683. The van der Waals surface area contributed by atoms with Crippen LogP contribution in [0.2, 0.25) is 0 Å². The van der Waals surface area contributed by atoms with Gasteiger partial charge in [-0.25, -0.2) is 4.79 Å². The number of carbonyl (C=O) groups excluding carboxylic acids is 2. The maximum absolute atomic E-state index is 12.6. The second-order valence-electron chi connectivity index (χ2n) is 6.82. The van der Waals surface area contributed by atoms with Crippen molar-refractivity contribution in [3.8, 4) is 0 Å². The summed E-state index contributed by atoms with van der Waals surface area (Å²) < 4.78 is 0.915. The molecule has 1 aliphatic carbocycles. The van der Waals surface area contributed by atoms with E-state index in [0.29, 0.717) is 12.8 Å². The first kappa shape index (κ1) is 17.9. The van der Waals surface area contributed by atoms with Crippen molar-refractivity contribution >= 4 is 39.4 Å². The van der Waals surface area contributed by atoms with Crippen molar-refractivity contribution < 1.29 is 19.5 Å². The number of nitrogens with one attached hydrogen (secondary N) is 1. The molecule has 134 valence electrons. The minimum absolute atomic E-state index is 0.109. The molecule has 1 atom stereocenters. The van der Waals surface area contributed by atoms with E-state index in [9.17, 15) is 19.5 Å². The Morgan fingerprint density at radius 1 is 1.16 bits per heavy atom. The predicted molar refractivity (Wildman–Crippen MR) is 96.2 cm³/mol. The van der Waals surface area contributed by atoms with Crippen LogP contribution in [-0.4, -0.2) is 35.0 Å². The summed E-state index contributed by atoms with van der Waals surface area (Å²) in [7, 11) is 0. The zero-order chi connectivity index (χ0) is 18.0. The molecular formula is C18H21BrN2O4. The molecule has 1 aromatic rings. The second kappa shape index (κ2) is 7.15. The van der Waals surface area contributed by atoms with Crippen LogP contribution in [0, 0.1) is 5.92 Å². The van der Waals surface area contributed by atoms with Crippen molar-refractivity contribution in [2.24, 2.45) is 5.92 Å². The molecule has 0 spiro atoms. The van der Waals surface area contributed by atoms with E-state index in [4.69, 9.17) is 0 Å². The maximum Gasteiger partial charge on any atom is 0.329 e. The van der Waals surface area contributed by atoms with E-state index in [1.54, 1.807) is 4.90 Å². The Morgan fingerprint density at radius 2 is 1.80 bits per heavy atom. The van der Waals surface area contributed by atoms with Gasteiger partial charge in [-0.05, 0) is 37.1 Å². The summed E-state index contributed by atoms with van der Waals surface area (Å²) in [5.74, 6) is -1.95. The molecule has 0 bridgehead atoms. The molecule has 25 heavy (non-hydrogen) atoms. The number of nitrogens with zero attached hydrogens (tertiary/aromatic N) is 1. The fourth-order valence-corrected chi connectivity index (χ4v) is 3.90. The number of benzene rings is 1. The highest BCUT2D eigenvalue weighted by atomic mass is 79.9. The minimum atomic E-state index is -1.18. The lowest BCUT2D eigenvalue weighted by Crippen LogP contribution is -2.57. The Kier molecular flexibility index (Phi) is 5.13. The first-order valence-electron chi connectivity index (χ1n) is 8.53. The van der Waals surface area contributed by atoms with E-state index in [0.717, 1.165) is 29.4 Å². The standard InChI is InChI=1S/C18H21BrN2O4/c19-13-4-6-14(7-5-13)21-11-12(10-15(21)22)16(23)20-18(17(24)25)8-2-1-3-9-18/h4-7,12H,1-3,8-11H2,(H,20,23)(H,24,25). The van der Waals surface area contributed by atoms with Gasteiger partial charge in [0.05, 0.1) is 5.92 Å². The molecule has 1 aromatic carbocycles. The summed E-state index contributed by atoms with van der Waals surface area (Å²) in [5.41, 5.74) is -0.433. The highest BCUT2D eigenvalue weighted by molar-refractivity contribution is 9.10. The highest BCUT2D eigenvalue weighted by Crippen LogP contribution is 2.31. The molecule has 0 aromatic heterocycles. The van der Waals surface area contributed by atoms with Crippen molar-refractivity contribution in [3.63, 3.8) is 0 Å². The molecule has 2 amide bonds. The Labute approximate surface area is 154 Å². The number of carbonyl (C=O) groups is 3. The number of rotatable bonds is 4. The summed E-state index contributed by atoms with van der Waals surface area (Å²) in [4.78, 5) is 38.2. The summed E-state index contributed by atoms with van der Waals surface area (Å²) in [6, 6.07) is 7.33. The minimum Gasteiger partial charge on any atom is -0.480 e. The molecule has 1 saturated carbocycles. The topological polar surface area (TPSA) is 86.7 Å². The molecule has 1 saturated heterocycles. The van der Waals surface area contributed by atoms with Crippen LogP contribution in [0.1, 0.15) is 38.5 Å². The first-order chi connectivity index (χ1) is 11.9. The van der Waals surface area contributed by atoms with Gasteiger partial charge in [0.15, 0.2) is 0 Å². The van der Waals surface area contributed by atoms with Gasteiger partial charge in [-0.2, -0.15) is 0 Å². The maximum atomic E-state index is 12.6. The zero-order valence-corrected chi connectivity index (χ0v) is 15.4. The number of anilines is 1. The van der Waals surface area contributed by atoms with Crippen LogP contribution < -0.4 is 10.2 Å². The summed E-state index contributed by atoms with van der Waals surface area (Å²) in [5, 5.41) is 12.3. The van der Waals surface area contributed by atoms with Gasteiger partial charge in [0, 0.05) is 23.1 Å². The average molecular weight is 409 g/mol. The van der Waals surface area contributed by atoms with Gasteiger partial charge in [0.2, 0.25) is 11.8 Å². The number of carboxylic acid groups (broad SMARTS) is 1. The number of aliphatic carboxylic acids is 1. The Morgan fingerprint density at radius 3 is 2.40 bits per heavy atom. The van der Waals surface area contributed by atoms with Crippen LogP contribution in [0.3, 0.4) is 0 Å². The molecule has 0 radical (unpaired) electrons. The molecule has 1 heterocycles. The van der Waals surface area contributed by atoms with Crippen molar-refractivity contribution in [2.45, 2.75) is 44.1 Å². The predicted octanol–water partition coefficient (Wildman–Crippen LogP) is 2.71. The van der Waals surface area contributed by atoms with Gasteiger partial charge in [0.1, 0.15) is 5.54 Å².